The standard InChI is InChI=1S/C16H31N/c1-3-5-12-16(4-2,13-17-15-10-11-15)14-8-6-7-9-14/h14-15,17H,3-13H2,1-2H3. The van der Waals surface area contributed by atoms with Crippen LogP contribution in [0.25, 0.3) is 0 Å². The second kappa shape index (κ2) is 6.22. The number of rotatable bonds is 8. The van der Waals surface area contributed by atoms with Crippen LogP contribution in [0.4, 0.5) is 0 Å². The van der Waals surface area contributed by atoms with Gasteiger partial charge in [0.15, 0.2) is 0 Å². The zero-order valence-corrected chi connectivity index (χ0v) is 11.9. The summed E-state index contributed by atoms with van der Waals surface area (Å²) in [5.74, 6) is 1.02. The summed E-state index contributed by atoms with van der Waals surface area (Å²) >= 11 is 0. The van der Waals surface area contributed by atoms with Crippen LogP contribution in [0.2, 0.25) is 0 Å². The van der Waals surface area contributed by atoms with Crippen LogP contribution in [-0.2, 0) is 0 Å². The molecule has 0 heterocycles. The lowest BCUT2D eigenvalue weighted by atomic mass is 9.69. The Balaban J connectivity index is 1.94. The summed E-state index contributed by atoms with van der Waals surface area (Å²) in [7, 11) is 0. The monoisotopic (exact) mass is 237 g/mol. The fourth-order valence-corrected chi connectivity index (χ4v) is 3.73. The summed E-state index contributed by atoms with van der Waals surface area (Å²) < 4.78 is 0. The molecule has 1 heteroatoms. The van der Waals surface area contributed by atoms with Gasteiger partial charge in [0.1, 0.15) is 0 Å². The van der Waals surface area contributed by atoms with Crippen LogP contribution in [0.5, 0.6) is 0 Å². The van der Waals surface area contributed by atoms with Gasteiger partial charge in [-0.05, 0) is 49.9 Å². The summed E-state index contributed by atoms with van der Waals surface area (Å²) in [4.78, 5) is 0. The Kier molecular flexibility index (Phi) is 4.90. The van der Waals surface area contributed by atoms with E-state index < -0.39 is 0 Å². The molecule has 0 aromatic rings. The van der Waals surface area contributed by atoms with Crippen LogP contribution < -0.4 is 5.32 Å². The van der Waals surface area contributed by atoms with Gasteiger partial charge in [-0.15, -0.1) is 0 Å². The number of nitrogens with one attached hydrogen (secondary N) is 1. The fourth-order valence-electron chi connectivity index (χ4n) is 3.73. The molecule has 0 saturated heterocycles. The van der Waals surface area contributed by atoms with Crippen molar-refractivity contribution >= 4 is 0 Å². The van der Waals surface area contributed by atoms with E-state index in [2.05, 4.69) is 19.2 Å². The van der Waals surface area contributed by atoms with Crippen LogP contribution in [0.3, 0.4) is 0 Å². The molecule has 1 nitrogen and oxygen atoms in total. The van der Waals surface area contributed by atoms with Crippen LogP contribution in [-0.4, -0.2) is 12.6 Å². The summed E-state index contributed by atoms with van der Waals surface area (Å²) in [6, 6.07) is 0.879. The number of hydrogen-bond donors (Lipinski definition) is 1. The Bertz CT molecular complexity index is 216. The lowest BCUT2D eigenvalue weighted by Crippen LogP contribution is -2.40. The molecule has 0 spiro atoms. The molecule has 1 N–H and O–H groups in total. The molecule has 100 valence electrons. The van der Waals surface area contributed by atoms with Crippen LogP contribution in [0.15, 0.2) is 0 Å². The van der Waals surface area contributed by atoms with E-state index in [0.29, 0.717) is 5.41 Å². The highest BCUT2D eigenvalue weighted by Crippen LogP contribution is 2.45. The van der Waals surface area contributed by atoms with Crippen LogP contribution in [0.1, 0.15) is 78.1 Å². The van der Waals surface area contributed by atoms with Crippen molar-refractivity contribution < 1.29 is 0 Å². The number of unbranched alkanes of at least 4 members (excludes halogenated alkanes) is 1. The first-order valence-corrected chi connectivity index (χ1v) is 8.04. The maximum absolute atomic E-state index is 3.83. The van der Waals surface area contributed by atoms with Gasteiger partial charge in [0, 0.05) is 12.6 Å². The first kappa shape index (κ1) is 13.4. The van der Waals surface area contributed by atoms with E-state index in [9.17, 15) is 0 Å². The Morgan fingerprint density at radius 3 is 2.29 bits per heavy atom. The molecule has 0 bridgehead atoms. The van der Waals surface area contributed by atoms with Gasteiger partial charge < -0.3 is 5.32 Å². The van der Waals surface area contributed by atoms with Crippen molar-refractivity contribution in [3.05, 3.63) is 0 Å². The Labute approximate surface area is 108 Å². The second-order valence-corrected chi connectivity index (χ2v) is 6.46. The Morgan fingerprint density at radius 1 is 1.06 bits per heavy atom. The molecule has 17 heavy (non-hydrogen) atoms. The van der Waals surface area contributed by atoms with Crippen molar-refractivity contribution in [1.29, 1.82) is 0 Å². The lowest BCUT2D eigenvalue weighted by Gasteiger charge is -2.39. The highest BCUT2D eigenvalue weighted by atomic mass is 15.0. The van der Waals surface area contributed by atoms with E-state index in [1.165, 1.54) is 70.8 Å². The maximum Gasteiger partial charge on any atom is 0.00684 e. The van der Waals surface area contributed by atoms with E-state index in [0.717, 1.165) is 12.0 Å². The molecule has 0 aromatic carbocycles. The lowest BCUT2D eigenvalue weighted by molar-refractivity contribution is 0.129. The van der Waals surface area contributed by atoms with E-state index in [4.69, 9.17) is 0 Å². The summed E-state index contributed by atoms with van der Waals surface area (Å²) in [6.45, 7) is 6.07. The van der Waals surface area contributed by atoms with Crippen LogP contribution >= 0.6 is 0 Å². The Hall–Kier alpha value is -0.0400. The van der Waals surface area contributed by atoms with Crippen molar-refractivity contribution in [3.8, 4) is 0 Å². The second-order valence-electron chi connectivity index (χ2n) is 6.46. The first-order valence-electron chi connectivity index (χ1n) is 8.04. The van der Waals surface area contributed by atoms with Crippen molar-refractivity contribution in [2.45, 2.75) is 84.1 Å². The van der Waals surface area contributed by atoms with Gasteiger partial charge >= 0.3 is 0 Å². The van der Waals surface area contributed by atoms with Gasteiger partial charge in [-0.25, -0.2) is 0 Å². The zero-order valence-electron chi connectivity index (χ0n) is 11.9. The van der Waals surface area contributed by atoms with Gasteiger partial charge in [-0.3, -0.25) is 0 Å². The molecule has 0 radical (unpaired) electrons. The van der Waals surface area contributed by atoms with E-state index in [1.54, 1.807) is 0 Å². The van der Waals surface area contributed by atoms with Gasteiger partial charge in [-0.1, -0.05) is 39.5 Å². The molecule has 0 amide bonds. The van der Waals surface area contributed by atoms with E-state index in [-0.39, 0.29) is 0 Å². The molecule has 2 fully saturated rings. The highest BCUT2D eigenvalue weighted by Gasteiger charge is 2.38. The SMILES string of the molecule is CCCCC(CC)(CNC1CC1)C1CCCC1. The molecule has 2 aliphatic rings. The van der Waals surface area contributed by atoms with Gasteiger partial charge in [-0.2, -0.15) is 0 Å². The minimum absolute atomic E-state index is 0.634. The van der Waals surface area contributed by atoms with E-state index >= 15 is 0 Å². The van der Waals surface area contributed by atoms with Crippen molar-refractivity contribution in [3.63, 3.8) is 0 Å². The number of hydrogen-bond acceptors (Lipinski definition) is 1. The average molecular weight is 237 g/mol. The summed E-state index contributed by atoms with van der Waals surface area (Å²) in [5, 5.41) is 3.83. The van der Waals surface area contributed by atoms with Crippen molar-refractivity contribution in [2.24, 2.45) is 11.3 Å². The smallest absolute Gasteiger partial charge is 0.00684 e. The molecule has 0 aliphatic heterocycles. The molecule has 1 atom stereocenters. The highest BCUT2D eigenvalue weighted by molar-refractivity contribution is 4.92. The molecule has 1 unspecified atom stereocenters. The first-order chi connectivity index (χ1) is 8.30. The summed E-state index contributed by atoms with van der Waals surface area (Å²) in [5.41, 5.74) is 0.634. The van der Waals surface area contributed by atoms with Gasteiger partial charge in [0.05, 0.1) is 0 Å². The predicted octanol–water partition coefficient (Wildman–Crippen LogP) is 4.52. The molecular formula is C16H31N. The third kappa shape index (κ3) is 3.47. The maximum atomic E-state index is 3.83. The zero-order chi connectivity index (χ0) is 12.1. The van der Waals surface area contributed by atoms with Crippen LogP contribution in [0, 0.1) is 11.3 Å². The quantitative estimate of drug-likeness (QED) is 0.654. The Morgan fingerprint density at radius 2 is 1.76 bits per heavy atom. The van der Waals surface area contributed by atoms with Crippen molar-refractivity contribution in [1.82, 2.24) is 5.32 Å². The van der Waals surface area contributed by atoms with E-state index in [1.807, 2.05) is 0 Å². The third-order valence-corrected chi connectivity index (χ3v) is 5.27. The molecule has 2 saturated carbocycles. The predicted molar refractivity (Wildman–Crippen MR) is 75.2 cm³/mol. The minimum atomic E-state index is 0.634. The van der Waals surface area contributed by atoms with Gasteiger partial charge in [0.25, 0.3) is 0 Å². The normalized spacial score (nSPS) is 25.1. The topological polar surface area (TPSA) is 12.0 Å². The molecule has 0 aromatic heterocycles. The largest absolute Gasteiger partial charge is 0.313 e. The minimum Gasteiger partial charge on any atom is -0.313 e. The fraction of sp³-hybridized carbons (Fsp3) is 1.00. The third-order valence-electron chi connectivity index (χ3n) is 5.27. The summed E-state index contributed by atoms with van der Waals surface area (Å²) in [6.07, 6.45) is 14.5. The average Bonchev–Trinajstić information content (AvgIpc) is 3.03. The van der Waals surface area contributed by atoms with Crippen molar-refractivity contribution in [2.75, 3.05) is 6.54 Å². The molecule has 2 aliphatic carbocycles. The molecule has 2 rings (SSSR count). The molecular weight excluding hydrogens is 206 g/mol. The van der Waals surface area contributed by atoms with Gasteiger partial charge in [0.2, 0.25) is 0 Å².